The second-order valence-electron chi connectivity index (χ2n) is 4.35. The smallest absolute Gasteiger partial charge is 0.312 e. The monoisotopic (exact) mass is 280 g/mol. The number of hydrogen-bond acceptors (Lipinski definition) is 5. The number of aromatic nitrogens is 1. The van der Waals surface area contributed by atoms with Gasteiger partial charge in [-0.2, -0.15) is 0 Å². The van der Waals surface area contributed by atoms with Gasteiger partial charge >= 0.3 is 5.95 Å². The van der Waals surface area contributed by atoms with E-state index in [1.54, 1.807) is 12.1 Å². The van der Waals surface area contributed by atoms with Crippen LogP contribution >= 0.6 is 0 Å². The number of phenolic OH excluding ortho intramolecular Hbond substituents is 1. The molecule has 3 aromatic rings. The molecule has 0 fully saturated rings. The molecule has 5 heteroatoms. The van der Waals surface area contributed by atoms with Gasteiger partial charge in [0.05, 0.1) is 11.9 Å². The third kappa shape index (κ3) is 2.92. The molecule has 21 heavy (non-hydrogen) atoms. The molecule has 0 unspecified atom stereocenters. The Balaban J connectivity index is 1.86. The Morgan fingerprint density at radius 2 is 1.67 bits per heavy atom. The zero-order valence-electron chi connectivity index (χ0n) is 11.0. The van der Waals surface area contributed by atoms with E-state index in [4.69, 9.17) is 4.42 Å². The predicted molar refractivity (Wildman–Crippen MR) is 79.0 cm³/mol. The van der Waals surface area contributed by atoms with Gasteiger partial charge in [-0.1, -0.05) is 18.2 Å². The number of nitrogens with zero attached hydrogens (tertiary/aromatic N) is 2. The summed E-state index contributed by atoms with van der Waals surface area (Å²) in [7, 11) is 0. The number of aliphatic imine (C=N–C) groups is 1. The normalized spacial score (nSPS) is 11.0. The van der Waals surface area contributed by atoms with Crippen molar-refractivity contribution in [2.45, 2.75) is 0 Å². The minimum absolute atomic E-state index is 0.171. The summed E-state index contributed by atoms with van der Waals surface area (Å²) >= 11 is 0. The third-order valence-electron chi connectivity index (χ3n) is 2.84. The summed E-state index contributed by atoms with van der Waals surface area (Å²) in [4.78, 5) is 8.36. The fourth-order valence-corrected chi connectivity index (χ4v) is 1.79. The molecule has 0 saturated carbocycles. The third-order valence-corrected chi connectivity index (χ3v) is 2.84. The first-order chi connectivity index (χ1) is 10.2. The number of hydrogen-bond donors (Lipinski definition) is 2. The first-order valence-corrected chi connectivity index (χ1v) is 6.31. The van der Waals surface area contributed by atoms with Crippen molar-refractivity contribution in [3.63, 3.8) is 0 Å². The first kappa shape index (κ1) is 12.9. The lowest BCUT2D eigenvalue weighted by molar-refractivity contribution is 0.337. The van der Waals surface area contributed by atoms with E-state index in [2.05, 4.69) is 9.98 Å². The van der Waals surface area contributed by atoms with Gasteiger partial charge in [-0.15, -0.1) is 0 Å². The summed E-state index contributed by atoms with van der Waals surface area (Å²) in [6.45, 7) is 0. The average Bonchev–Trinajstić information content (AvgIpc) is 2.89. The van der Waals surface area contributed by atoms with Crippen LogP contribution in [0, 0.1) is 0 Å². The van der Waals surface area contributed by atoms with E-state index in [1.807, 2.05) is 30.3 Å². The number of phenols is 1. The van der Waals surface area contributed by atoms with Crippen LogP contribution in [0.4, 0.5) is 5.69 Å². The summed E-state index contributed by atoms with van der Waals surface area (Å²) in [5, 5.41) is 19.0. The molecule has 0 aliphatic rings. The van der Waals surface area contributed by atoms with Crippen LogP contribution in [0.3, 0.4) is 0 Å². The zero-order valence-corrected chi connectivity index (χ0v) is 11.0. The second-order valence-corrected chi connectivity index (χ2v) is 4.35. The van der Waals surface area contributed by atoms with Crippen LogP contribution in [0.15, 0.2) is 64.0 Å². The highest BCUT2D eigenvalue weighted by atomic mass is 16.5. The Bertz CT molecular complexity index is 762. The number of rotatable bonds is 3. The Hall–Kier alpha value is -3.08. The van der Waals surface area contributed by atoms with Gasteiger partial charge in [0.15, 0.2) is 5.69 Å². The van der Waals surface area contributed by atoms with Crippen molar-refractivity contribution in [3.05, 3.63) is 60.3 Å². The molecule has 104 valence electrons. The molecule has 2 N–H and O–H groups in total. The van der Waals surface area contributed by atoms with Crippen molar-refractivity contribution in [2.24, 2.45) is 4.99 Å². The van der Waals surface area contributed by atoms with Crippen LogP contribution in [0.5, 0.6) is 11.7 Å². The standard InChI is InChI=1S/C16H12N2O3/c19-13-8-6-12(7-9-13)17-10-14-16(20)21-15(18-14)11-4-2-1-3-5-11/h1-10,19-20H. The quantitative estimate of drug-likeness (QED) is 0.720. The molecule has 0 radical (unpaired) electrons. The number of benzene rings is 2. The van der Waals surface area contributed by atoms with Crippen molar-refractivity contribution in [2.75, 3.05) is 0 Å². The molecule has 3 rings (SSSR count). The SMILES string of the molecule is Oc1ccc(N=Cc2nc(-c3ccccc3)oc2O)cc1. The molecule has 0 bridgehead atoms. The molecule has 2 aromatic carbocycles. The lowest BCUT2D eigenvalue weighted by Crippen LogP contribution is -1.82. The molecule has 0 saturated heterocycles. The molecular formula is C16H12N2O3. The van der Waals surface area contributed by atoms with E-state index in [0.717, 1.165) is 5.56 Å². The summed E-state index contributed by atoms with van der Waals surface area (Å²) in [5.41, 5.74) is 1.66. The Labute approximate surface area is 120 Å². The van der Waals surface area contributed by atoms with E-state index in [-0.39, 0.29) is 17.4 Å². The molecule has 1 aromatic heterocycles. The summed E-state index contributed by atoms with van der Waals surface area (Å²) < 4.78 is 5.22. The molecule has 0 aliphatic heterocycles. The van der Waals surface area contributed by atoms with Crippen LogP contribution in [0.1, 0.15) is 5.69 Å². The van der Waals surface area contributed by atoms with Crippen LogP contribution < -0.4 is 0 Å². The molecule has 0 amide bonds. The molecule has 5 nitrogen and oxygen atoms in total. The van der Waals surface area contributed by atoms with Gasteiger partial charge < -0.3 is 14.6 Å². The Morgan fingerprint density at radius 3 is 2.38 bits per heavy atom. The maximum Gasteiger partial charge on any atom is 0.312 e. The number of aromatic hydroxyl groups is 2. The lowest BCUT2D eigenvalue weighted by atomic mass is 10.2. The van der Waals surface area contributed by atoms with Gasteiger partial charge in [0, 0.05) is 5.56 Å². The van der Waals surface area contributed by atoms with Crippen LogP contribution in [0.25, 0.3) is 11.5 Å². The summed E-state index contributed by atoms with van der Waals surface area (Å²) in [6, 6.07) is 15.7. The highest BCUT2D eigenvalue weighted by molar-refractivity contribution is 5.82. The van der Waals surface area contributed by atoms with E-state index in [1.165, 1.54) is 18.3 Å². The Morgan fingerprint density at radius 1 is 0.952 bits per heavy atom. The predicted octanol–water partition coefficient (Wildman–Crippen LogP) is 3.50. The molecule has 1 heterocycles. The van der Waals surface area contributed by atoms with Gasteiger partial charge in [-0.05, 0) is 36.4 Å². The largest absolute Gasteiger partial charge is 0.508 e. The van der Waals surface area contributed by atoms with Gasteiger partial charge in [0.1, 0.15) is 5.75 Å². The van der Waals surface area contributed by atoms with Crippen molar-refractivity contribution in [1.82, 2.24) is 4.98 Å². The molecule has 0 aliphatic carbocycles. The highest BCUT2D eigenvalue weighted by Gasteiger charge is 2.11. The zero-order chi connectivity index (χ0) is 14.7. The number of oxazole rings is 1. The maximum atomic E-state index is 9.75. The van der Waals surface area contributed by atoms with Crippen molar-refractivity contribution < 1.29 is 14.6 Å². The minimum atomic E-state index is -0.281. The molecular weight excluding hydrogens is 268 g/mol. The topological polar surface area (TPSA) is 78.9 Å². The van der Waals surface area contributed by atoms with Gasteiger partial charge in [-0.25, -0.2) is 4.98 Å². The highest BCUT2D eigenvalue weighted by Crippen LogP contribution is 2.25. The van der Waals surface area contributed by atoms with Crippen LogP contribution in [-0.2, 0) is 0 Å². The van der Waals surface area contributed by atoms with Crippen molar-refractivity contribution >= 4 is 11.9 Å². The van der Waals surface area contributed by atoms with Crippen molar-refractivity contribution in [1.29, 1.82) is 0 Å². The maximum absolute atomic E-state index is 9.75. The second kappa shape index (κ2) is 5.50. The lowest BCUT2D eigenvalue weighted by Gasteiger charge is -1.92. The fraction of sp³-hybridized carbons (Fsp3) is 0. The van der Waals surface area contributed by atoms with Crippen molar-refractivity contribution in [3.8, 4) is 23.1 Å². The van der Waals surface area contributed by atoms with Crippen LogP contribution in [0.2, 0.25) is 0 Å². The van der Waals surface area contributed by atoms with E-state index in [0.29, 0.717) is 11.6 Å². The molecule has 0 spiro atoms. The minimum Gasteiger partial charge on any atom is -0.508 e. The van der Waals surface area contributed by atoms with Gasteiger partial charge in [-0.3, -0.25) is 4.99 Å². The average molecular weight is 280 g/mol. The van der Waals surface area contributed by atoms with E-state index in [9.17, 15) is 10.2 Å². The first-order valence-electron chi connectivity index (χ1n) is 6.31. The van der Waals surface area contributed by atoms with Gasteiger partial charge in [0.25, 0.3) is 0 Å². The summed E-state index contributed by atoms with van der Waals surface area (Å²) in [5.74, 6) is 0.223. The summed E-state index contributed by atoms with van der Waals surface area (Å²) in [6.07, 6.45) is 1.41. The van der Waals surface area contributed by atoms with Gasteiger partial charge in [0.2, 0.25) is 5.89 Å². The van der Waals surface area contributed by atoms with E-state index >= 15 is 0 Å². The fourth-order valence-electron chi connectivity index (χ4n) is 1.79. The Kier molecular flexibility index (Phi) is 3.39. The molecule has 0 atom stereocenters. The van der Waals surface area contributed by atoms with Crippen LogP contribution in [-0.4, -0.2) is 21.4 Å². The van der Waals surface area contributed by atoms with E-state index < -0.39 is 0 Å².